The average Bonchev–Trinajstić information content (AvgIpc) is 2.04. The lowest BCUT2D eigenvalue weighted by molar-refractivity contribution is 0.108. The van der Waals surface area contributed by atoms with Crippen LogP contribution in [-0.2, 0) is 4.74 Å². The number of hydrogen-bond acceptors (Lipinski definition) is 2. The van der Waals surface area contributed by atoms with Gasteiger partial charge in [0.25, 0.3) is 0 Å². The topological polar surface area (TPSA) is 12.5 Å². The summed E-state index contributed by atoms with van der Waals surface area (Å²) in [7, 11) is 1.70. The van der Waals surface area contributed by atoms with Crippen molar-refractivity contribution in [1.82, 2.24) is 4.90 Å². The third kappa shape index (κ3) is 3.16. The van der Waals surface area contributed by atoms with E-state index in [-0.39, 0.29) is 0 Å². The average molecular weight is 161 g/mol. The fourth-order valence-electron chi connectivity index (χ4n) is 1.35. The van der Waals surface area contributed by atoms with E-state index in [1.54, 1.807) is 7.11 Å². The maximum Gasteiger partial charge on any atom is 0.103 e. The molecule has 0 aromatic carbocycles. The molecule has 66 valence electrons. The molecule has 1 fully saturated rings. The zero-order valence-electron chi connectivity index (χ0n) is 7.05. The molecule has 0 aliphatic carbocycles. The third-order valence-corrected chi connectivity index (χ3v) is 2.13. The Balaban J connectivity index is 2.07. The molecule has 1 aliphatic heterocycles. The lowest BCUT2D eigenvalue weighted by atomic mass is 10.1. The molecular weight excluding hydrogens is 145 g/mol. The second kappa shape index (κ2) is 4.67. The Morgan fingerprint density at radius 2 is 2.09 bits per heavy atom. The van der Waals surface area contributed by atoms with Crippen molar-refractivity contribution in [3.05, 3.63) is 0 Å². The van der Waals surface area contributed by atoms with Crippen molar-refractivity contribution in [2.45, 2.75) is 19.0 Å². The summed E-state index contributed by atoms with van der Waals surface area (Å²) in [6.07, 6.45) is 0.835. The van der Waals surface area contributed by atoms with E-state index < -0.39 is 6.17 Å². The van der Waals surface area contributed by atoms with Crippen molar-refractivity contribution in [3.8, 4) is 0 Å². The maximum absolute atomic E-state index is 12.6. The summed E-state index contributed by atoms with van der Waals surface area (Å²) < 4.78 is 17.6. The fraction of sp³-hybridized carbons (Fsp3) is 1.00. The van der Waals surface area contributed by atoms with Crippen molar-refractivity contribution in [2.24, 2.45) is 0 Å². The molecule has 0 atom stereocenters. The highest BCUT2D eigenvalue weighted by molar-refractivity contribution is 4.70. The standard InChI is InChI=1S/C8H16FNO/c1-11-7-6-10-4-2-8(9)3-5-10/h8H,2-7H2,1H3. The molecule has 1 aliphatic rings. The summed E-state index contributed by atoms with van der Waals surface area (Å²) in [4.78, 5) is 2.25. The number of methoxy groups -OCH3 is 1. The van der Waals surface area contributed by atoms with Crippen LogP contribution in [0.25, 0.3) is 0 Å². The Morgan fingerprint density at radius 1 is 1.45 bits per heavy atom. The number of piperidine rings is 1. The van der Waals surface area contributed by atoms with E-state index in [0.29, 0.717) is 12.8 Å². The molecule has 0 spiro atoms. The summed E-state index contributed by atoms with van der Waals surface area (Å²) in [5, 5.41) is 0. The third-order valence-electron chi connectivity index (χ3n) is 2.13. The van der Waals surface area contributed by atoms with Crippen molar-refractivity contribution in [3.63, 3.8) is 0 Å². The van der Waals surface area contributed by atoms with Gasteiger partial charge in [0, 0.05) is 26.7 Å². The van der Waals surface area contributed by atoms with Gasteiger partial charge in [0.2, 0.25) is 0 Å². The van der Waals surface area contributed by atoms with Crippen LogP contribution in [0.3, 0.4) is 0 Å². The van der Waals surface area contributed by atoms with E-state index in [4.69, 9.17) is 4.74 Å². The smallest absolute Gasteiger partial charge is 0.103 e. The summed E-state index contributed by atoms with van der Waals surface area (Å²) in [5.74, 6) is 0. The largest absolute Gasteiger partial charge is 0.383 e. The molecule has 3 heteroatoms. The van der Waals surface area contributed by atoms with Gasteiger partial charge in [-0.15, -0.1) is 0 Å². The molecule has 0 N–H and O–H groups in total. The van der Waals surface area contributed by atoms with E-state index in [1.807, 2.05) is 0 Å². The summed E-state index contributed by atoms with van der Waals surface area (Å²) in [6, 6.07) is 0. The highest BCUT2D eigenvalue weighted by Crippen LogP contribution is 2.12. The SMILES string of the molecule is COCCN1CCC(F)CC1. The second-order valence-corrected chi connectivity index (χ2v) is 3.01. The molecule has 0 unspecified atom stereocenters. The van der Waals surface area contributed by atoms with Crippen molar-refractivity contribution < 1.29 is 9.13 Å². The second-order valence-electron chi connectivity index (χ2n) is 3.01. The van der Waals surface area contributed by atoms with E-state index in [9.17, 15) is 4.39 Å². The van der Waals surface area contributed by atoms with Gasteiger partial charge in [-0.1, -0.05) is 0 Å². The van der Waals surface area contributed by atoms with Gasteiger partial charge in [-0.3, -0.25) is 0 Å². The van der Waals surface area contributed by atoms with Gasteiger partial charge in [0.1, 0.15) is 6.17 Å². The zero-order chi connectivity index (χ0) is 8.10. The first-order valence-corrected chi connectivity index (χ1v) is 4.18. The van der Waals surface area contributed by atoms with Gasteiger partial charge < -0.3 is 9.64 Å². The molecule has 0 radical (unpaired) electrons. The van der Waals surface area contributed by atoms with Crippen molar-refractivity contribution in [2.75, 3.05) is 33.4 Å². The van der Waals surface area contributed by atoms with Gasteiger partial charge >= 0.3 is 0 Å². The van der Waals surface area contributed by atoms with E-state index in [0.717, 1.165) is 26.2 Å². The Hall–Kier alpha value is -0.150. The van der Waals surface area contributed by atoms with Crippen LogP contribution in [0.2, 0.25) is 0 Å². The Morgan fingerprint density at radius 3 is 2.64 bits per heavy atom. The molecule has 1 heterocycles. The zero-order valence-corrected chi connectivity index (χ0v) is 7.05. The van der Waals surface area contributed by atoms with Crippen LogP contribution in [0.15, 0.2) is 0 Å². The lowest BCUT2D eigenvalue weighted by Crippen LogP contribution is -2.36. The summed E-state index contributed by atoms with van der Waals surface area (Å²) in [5.41, 5.74) is 0. The first-order valence-electron chi connectivity index (χ1n) is 4.18. The summed E-state index contributed by atoms with van der Waals surface area (Å²) >= 11 is 0. The molecule has 1 saturated heterocycles. The molecular formula is C8H16FNO. The molecule has 0 saturated carbocycles. The number of alkyl halides is 1. The fourth-order valence-corrected chi connectivity index (χ4v) is 1.35. The molecule has 0 bridgehead atoms. The van der Waals surface area contributed by atoms with Crippen LogP contribution in [0.1, 0.15) is 12.8 Å². The molecule has 0 aromatic rings. The van der Waals surface area contributed by atoms with Crippen molar-refractivity contribution in [1.29, 1.82) is 0 Å². The minimum Gasteiger partial charge on any atom is -0.383 e. The van der Waals surface area contributed by atoms with Crippen molar-refractivity contribution >= 4 is 0 Å². The highest BCUT2D eigenvalue weighted by Gasteiger charge is 2.17. The van der Waals surface area contributed by atoms with Gasteiger partial charge in [-0.25, -0.2) is 4.39 Å². The first kappa shape index (κ1) is 8.94. The van der Waals surface area contributed by atoms with E-state index in [1.165, 1.54) is 0 Å². The summed E-state index contributed by atoms with van der Waals surface area (Å²) in [6.45, 7) is 3.50. The normalized spacial score (nSPS) is 22.4. The monoisotopic (exact) mass is 161 g/mol. The van der Waals surface area contributed by atoms with Crippen LogP contribution in [0.5, 0.6) is 0 Å². The molecule has 11 heavy (non-hydrogen) atoms. The molecule has 0 aromatic heterocycles. The van der Waals surface area contributed by atoms with Crippen LogP contribution < -0.4 is 0 Å². The van der Waals surface area contributed by atoms with E-state index in [2.05, 4.69) is 4.90 Å². The van der Waals surface area contributed by atoms with Crippen LogP contribution in [0, 0.1) is 0 Å². The number of nitrogens with zero attached hydrogens (tertiary/aromatic N) is 1. The highest BCUT2D eigenvalue weighted by atomic mass is 19.1. The minimum absolute atomic E-state index is 0.561. The molecule has 1 rings (SSSR count). The van der Waals surface area contributed by atoms with Crippen LogP contribution >= 0.6 is 0 Å². The Labute approximate surface area is 67.3 Å². The lowest BCUT2D eigenvalue weighted by Gasteiger charge is -2.27. The number of halogens is 1. The number of likely N-dealkylation sites (tertiary alicyclic amines) is 1. The maximum atomic E-state index is 12.6. The number of ether oxygens (including phenoxy) is 1. The van der Waals surface area contributed by atoms with Gasteiger partial charge in [-0.05, 0) is 12.8 Å². The number of hydrogen-bond donors (Lipinski definition) is 0. The predicted octanol–water partition coefficient (Wildman–Crippen LogP) is 1.07. The van der Waals surface area contributed by atoms with Gasteiger partial charge in [0.05, 0.1) is 6.61 Å². The first-order chi connectivity index (χ1) is 5.33. The van der Waals surface area contributed by atoms with Gasteiger partial charge in [-0.2, -0.15) is 0 Å². The Bertz CT molecular complexity index is 99.5. The molecule has 0 amide bonds. The van der Waals surface area contributed by atoms with E-state index >= 15 is 0 Å². The predicted molar refractivity (Wildman–Crippen MR) is 42.4 cm³/mol. The Kier molecular flexibility index (Phi) is 3.80. The van der Waals surface area contributed by atoms with Crippen LogP contribution in [-0.4, -0.2) is 44.4 Å². The molecule has 2 nitrogen and oxygen atoms in total. The quantitative estimate of drug-likeness (QED) is 0.614. The number of rotatable bonds is 3. The minimum atomic E-state index is -0.561. The van der Waals surface area contributed by atoms with Crippen LogP contribution in [0.4, 0.5) is 4.39 Å². The van der Waals surface area contributed by atoms with Gasteiger partial charge in [0.15, 0.2) is 0 Å².